The van der Waals surface area contributed by atoms with Crippen molar-refractivity contribution >= 4 is 46.8 Å². The molecule has 1 aliphatic heterocycles. The molecule has 0 saturated carbocycles. The van der Waals surface area contributed by atoms with Crippen LogP contribution in [-0.2, 0) is 9.59 Å². The topological polar surface area (TPSA) is 58.6 Å². The number of carbonyl (C=O) groups excluding carboxylic acids is 2. The third-order valence-corrected chi connectivity index (χ3v) is 3.63. The number of halogens is 1. The van der Waals surface area contributed by atoms with Crippen molar-refractivity contribution in [1.82, 2.24) is 10.2 Å². The lowest BCUT2D eigenvalue weighted by molar-refractivity contribution is -0.128. The maximum Gasteiger partial charge on any atom is 0.265 e. The lowest BCUT2D eigenvalue weighted by Crippen LogP contribution is -2.53. The Morgan fingerprint density at radius 3 is 2.83 bits per heavy atom. The van der Waals surface area contributed by atoms with Crippen molar-refractivity contribution in [2.24, 2.45) is 0 Å². The number of hydrogen-bond donors (Lipinski definition) is 1. The Bertz CT molecular complexity index is 715. The third-order valence-electron chi connectivity index (χ3n) is 3.07. The number of nitrogens with one attached hydrogen (secondary N) is 1. The van der Waals surface area contributed by atoms with Gasteiger partial charge in [-0.3, -0.25) is 19.8 Å². The molecule has 0 radical (unpaired) electrons. The van der Waals surface area contributed by atoms with E-state index in [1.807, 2.05) is 6.92 Å². The SMILES string of the molecule is C=CCN1C(=O)/C(=C\c2cc(Cl)ccc2OCC)C(=O)NC1=S. The molecule has 5 nitrogen and oxygen atoms in total. The van der Waals surface area contributed by atoms with Crippen LogP contribution in [0.5, 0.6) is 5.75 Å². The van der Waals surface area contributed by atoms with Gasteiger partial charge in [0.15, 0.2) is 5.11 Å². The van der Waals surface area contributed by atoms with E-state index < -0.39 is 11.8 Å². The summed E-state index contributed by atoms with van der Waals surface area (Å²) < 4.78 is 5.50. The Morgan fingerprint density at radius 1 is 1.43 bits per heavy atom. The van der Waals surface area contributed by atoms with Gasteiger partial charge in [-0.05, 0) is 43.4 Å². The molecule has 0 aliphatic carbocycles. The molecule has 1 aromatic rings. The first kappa shape index (κ1) is 17.2. The fourth-order valence-electron chi connectivity index (χ4n) is 2.06. The molecule has 0 atom stereocenters. The van der Waals surface area contributed by atoms with Gasteiger partial charge in [0.25, 0.3) is 11.8 Å². The minimum Gasteiger partial charge on any atom is -0.493 e. The Labute approximate surface area is 144 Å². The Balaban J connectivity index is 2.46. The highest BCUT2D eigenvalue weighted by atomic mass is 35.5. The second kappa shape index (κ2) is 7.39. The van der Waals surface area contributed by atoms with Crippen LogP contribution in [0.4, 0.5) is 0 Å². The number of ether oxygens (including phenoxy) is 1. The molecule has 0 aromatic heterocycles. The summed E-state index contributed by atoms with van der Waals surface area (Å²) in [7, 11) is 0. The summed E-state index contributed by atoms with van der Waals surface area (Å²) in [4.78, 5) is 25.9. The summed E-state index contributed by atoms with van der Waals surface area (Å²) in [6.45, 7) is 6.08. The fraction of sp³-hybridized carbons (Fsp3) is 0.188. The van der Waals surface area contributed by atoms with Gasteiger partial charge in [0.05, 0.1) is 6.61 Å². The molecule has 7 heteroatoms. The summed E-state index contributed by atoms with van der Waals surface area (Å²) >= 11 is 11.0. The van der Waals surface area contributed by atoms with Crippen molar-refractivity contribution in [3.63, 3.8) is 0 Å². The number of thiocarbonyl (C=S) groups is 1. The number of hydrogen-bond acceptors (Lipinski definition) is 4. The minimum atomic E-state index is -0.553. The highest BCUT2D eigenvalue weighted by Gasteiger charge is 2.32. The minimum absolute atomic E-state index is 0.0383. The first-order valence-corrected chi connectivity index (χ1v) is 7.68. The maximum atomic E-state index is 12.5. The van der Waals surface area contributed by atoms with Gasteiger partial charge in [0.2, 0.25) is 0 Å². The summed E-state index contributed by atoms with van der Waals surface area (Å²) in [5.41, 5.74) is 0.507. The van der Waals surface area contributed by atoms with E-state index in [0.717, 1.165) is 0 Å². The smallest absolute Gasteiger partial charge is 0.265 e. The molecule has 1 heterocycles. The van der Waals surface area contributed by atoms with E-state index >= 15 is 0 Å². The second-order valence-corrected chi connectivity index (χ2v) is 5.46. The summed E-state index contributed by atoms with van der Waals surface area (Å²) in [6, 6.07) is 5.00. The Kier molecular flexibility index (Phi) is 5.52. The largest absolute Gasteiger partial charge is 0.493 e. The van der Waals surface area contributed by atoms with Gasteiger partial charge >= 0.3 is 0 Å². The molecule has 23 heavy (non-hydrogen) atoms. The van der Waals surface area contributed by atoms with Crippen molar-refractivity contribution in [2.75, 3.05) is 13.2 Å². The van der Waals surface area contributed by atoms with Gasteiger partial charge in [-0.1, -0.05) is 17.7 Å². The van der Waals surface area contributed by atoms with Crippen LogP contribution in [0.25, 0.3) is 6.08 Å². The molecule has 1 aromatic carbocycles. The van der Waals surface area contributed by atoms with Gasteiger partial charge in [0, 0.05) is 17.1 Å². The maximum absolute atomic E-state index is 12.5. The highest BCUT2D eigenvalue weighted by molar-refractivity contribution is 7.80. The average molecular weight is 351 g/mol. The van der Waals surface area contributed by atoms with E-state index in [1.165, 1.54) is 17.1 Å². The first-order valence-electron chi connectivity index (χ1n) is 6.90. The zero-order valence-electron chi connectivity index (χ0n) is 12.5. The fourth-order valence-corrected chi connectivity index (χ4v) is 2.49. The molecule has 0 bridgehead atoms. The van der Waals surface area contributed by atoms with Crippen molar-refractivity contribution in [3.05, 3.63) is 47.0 Å². The van der Waals surface area contributed by atoms with Crippen LogP contribution in [-0.4, -0.2) is 35.0 Å². The number of rotatable bonds is 5. The number of carbonyl (C=O) groups is 2. The molecular formula is C16H15ClN2O3S. The highest BCUT2D eigenvalue weighted by Crippen LogP contribution is 2.26. The van der Waals surface area contributed by atoms with Crippen molar-refractivity contribution in [1.29, 1.82) is 0 Å². The molecule has 2 rings (SSSR count). The number of amides is 2. The summed E-state index contributed by atoms with van der Waals surface area (Å²) in [6.07, 6.45) is 2.98. The zero-order chi connectivity index (χ0) is 17.0. The average Bonchev–Trinajstić information content (AvgIpc) is 2.50. The lowest BCUT2D eigenvalue weighted by atomic mass is 10.1. The van der Waals surface area contributed by atoms with Crippen LogP contribution < -0.4 is 10.1 Å². The number of benzene rings is 1. The van der Waals surface area contributed by atoms with Crippen LogP contribution in [0.1, 0.15) is 12.5 Å². The Morgan fingerprint density at radius 2 is 2.17 bits per heavy atom. The normalized spacial score (nSPS) is 16.5. The first-order chi connectivity index (χ1) is 11.0. The van der Waals surface area contributed by atoms with Crippen LogP contribution in [0.2, 0.25) is 5.02 Å². The van der Waals surface area contributed by atoms with Gasteiger partial charge in [-0.25, -0.2) is 0 Å². The van der Waals surface area contributed by atoms with E-state index in [0.29, 0.717) is 22.9 Å². The van der Waals surface area contributed by atoms with E-state index in [-0.39, 0.29) is 17.2 Å². The predicted molar refractivity (Wildman–Crippen MR) is 93.2 cm³/mol. The van der Waals surface area contributed by atoms with Crippen LogP contribution >= 0.6 is 23.8 Å². The second-order valence-electron chi connectivity index (χ2n) is 4.64. The molecule has 1 fully saturated rings. The van der Waals surface area contributed by atoms with E-state index in [4.69, 9.17) is 28.6 Å². The molecular weight excluding hydrogens is 336 g/mol. The number of nitrogens with zero attached hydrogens (tertiary/aromatic N) is 1. The van der Waals surface area contributed by atoms with Gasteiger partial charge in [-0.2, -0.15) is 0 Å². The van der Waals surface area contributed by atoms with Crippen molar-refractivity contribution < 1.29 is 14.3 Å². The van der Waals surface area contributed by atoms with Gasteiger partial charge < -0.3 is 4.74 Å². The van der Waals surface area contributed by atoms with E-state index in [2.05, 4.69) is 11.9 Å². The molecule has 1 aliphatic rings. The van der Waals surface area contributed by atoms with E-state index in [9.17, 15) is 9.59 Å². The van der Waals surface area contributed by atoms with Crippen molar-refractivity contribution in [3.8, 4) is 5.75 Å². The van der Waals surface area contributed by atoms with Gasteiger partial charge in [-0.15, -0.1) is 6.58 Å². The van der Waals surface area contributed by atoms with E-state index in [1.54, 1.807) is 18.2 Å². The summed E-state index contributed by atoms with van der Waals surface area (Å²) in [5, 5.41) is 3.03. The quantitative estimate of drug-likeness (QED) is 0.384. The summed E-state index contributed by atoms with van der Waals surface area (Å²) in [5.74, 6) is -0.503. The van der Waals surface area contributed by atoms with Crippen LogP contribution in [0, 0.1) is 0 Å². The molecule has 0 spiro atoms. The van der Waals surface area contributed by atoms with Crippen LogP contribution in [0.15, 0.2) is 36.4 Å². The lowest BCUT2D eigenvalue weighted by Gasteiger charge is -2.27. The predicted octanol–water partition coefficient (Wildman–Crippen LogP) is 2.55. The Hall–Kier alpha value is -2.18. The molecule has 1 saturated heterocycles. The third kappa shape index (κ3) is 3.78. The van der Waals surface area contributed by atoms with Crippen molar-refractivity contribution in [2.45, 2.75) is 6.92 Å². The molecule has 120 valence electrons. The molecule has 0 unspecified atom stereocenters. The molecule has 2 amide bonds. The van der Waals surface area contributed by atoms with Crippen LogP contribution in [0.3, 0.4) is 0 Å². The molecule has 1 N–H and O–H groups in total. The standard InChI is InChI=1S/C16H15ClN2O3S/c1-3-7-19-15(21)12(14(20)18-16(19)23)9-10-8-11(17)5-6-13(10)22-4-2/h3,5-6,8-9H,1,4,7H2,2H3,(H,18,20,23)/b12-9-. The monoisotopic (exact) mass is 350 g/mol. The van der Waals surface area contributed by atoms with Gasteiger partial charge in [0.1, 0.15) is 11.3 Å². The zero-order valence-corrected chi connectivity index (χ0v) is 14.0.